The van der Waals surface area contributed by atoms with Gasteiger partial charge < -0.3 is 5.32 Å². The van der Waals surface area contributed by atoms with Gasteiger partial charge in [0.2, 0.25) is 0 Å². The molecule has 0 bridgehead atoms. The number of piperazine rings is 1. The van der Waals surface area contributed by atoms with E-state index in [1.807, 2.05) is 0 Å². The number of hydrogen-bond donors (Lipinski definition) is 1. The van der Waals surface area contributed by atoms with Crippen LogP contribution in [0, 0.1) is 11.8 Å². The van der Waals surface area contributed by atoms with E-state index < -0.39 is 0 Å². The standard InChI is InChI=1S/C19H30N2/c1-4-16-10-11-18(15(16)3)21-13-14(2)20-12-19(21)17-8-6-5-7-9-17/h5-9,14-16,18-20H,4,10-13H2,1-3H3. The van der Waals surface area contributed by atoms with Crippen molar-refractivity contribution in [2.24, 2.45) is 11.8 Å². The van der Waals surface area contributed by atoms with Crippen LogP contribution in [-0.4, -0.2) is 30.1 Å². The fraction of sp³-hybridized carbons (Fsp3) is 0.684. The number of hydrogen-bond acceptors (Lipinski definition) is 2. The summed E-state index contributed by atoms with van der Waals surface area (Å²) in [6, 6.07) is 13.0. The van der Waals surface area contributed by atoms with Gasteiger partial charge in [-0.25, -0.2) is 0 Å². The summed E-state index contributed by atoms with van der Waals surface area (Å²) in [6.45, 7) is 9.44. The maximum absolute atomic E-state index is 3.68. The molecule has 116 valence electrons. The molecule has 1 saturated carbocycles. The lowest BCUT2D eigenvalue weighted by Crippen LogP contribution is -2.55. The van der Waals surface area contributed by atoms with Crippen LogP contribution in [0.2, 0.25) is 0 Å². The van der Waals surface area contributed by atoms with Gasteiger partial charge in [-0.05, 0) is 37.2 Å². The summed E-state index contributed by atoms with van der Waals surface area (Å²) in [6.07, 6.45) is 4.15. The van der Waals surface area contributed by atoms with Crippen LogP contribution in [0.1, 0.15) is 51.6 Å². The molecular formula is C19H30N2. The van der Waals surface area contributed by atoms with Crippen LogP contribution in [0.4, 0.5) is 0 Å². The van der Waals surface area contributed by atoms with Crippen LogP contribution < -0.4 is 5.32 Å². The molecule has 2 nitrogen and oxygen atoms in total. The fourth-order valence-electron chi connectivity index (χ4n) is 4.56. The summed E-state index contributed by atoms with van der Waals surface area (Å²) in [7, 11) is 0. The van der Waals surface area contributed by atoms with E-state index in [1.165, 1.54) is 31.4 Å². The van der Waals surface area contributed by atoms with E-state index in [4.69, 9.17) is 0 Å². The number of benzene rings is 1. The van der Waals surface area contributed by atoms with Crippen LogP contribution in [-0.2, 0) is 0 Å². The van der Waals surface area contributed by atoms with Crippen molar-refractivity contribution >= 4 is 0 Å². The normalized spacial score (nSPS) is 37.8. The maximum Gasteiger partial charge on any atom is 0.0476 e. The predicted octanol–water partition coefficient (Wildman–Crippen LogP) is 3.85. The van der Waals surface area contributed by atoms with E-state index in [0.29, 0.717) is 12.1 Å². The molecular weight excluding hydrogens is 256 g/mol. The van der Waals surface area contributed by atoms with Crippen LogP contribution >= 0.6 is 0 Å². The van der Waals surface area contributed by atoms with Crippen LogP contribution in [0.25, 0.3) is 0 Å². The largest absolute Gasteiger partial charge is 0.311 e. The van der Waals surface area contributed by atoms with Crippen molar-refractivity contribution in [3.8, 4) is 0 Å². The lowest BCUT2D eigenvalue weighted by Gasteiger charge is -2.45. The Hall–Kier alpha value is -0.860. The Balaban J connectivity index is 1.82. The Kier molecular flexibility index (Phi) is 4.66. The summed E-state index contributed by atoms with van der Waals surface area (Å²) in [4.78, 5) is 2.82. The van der Waals surface area contributed by atoms with Crippen molar-refractivity contribution in [3.05, 3.63) is 35.9 Å². The van der Waals surface area contributed by atoms with Gasteiger partial charge in [0.05, 0.1) is 0 Å². The third-order valence-corrected chi connectivity index (χ3v) is 5.86. The fourth-order valence-corrected chi connectivity index (χ4v) is 4.56. The minimum absolute atomic E-state index is 0.547. The lowest BCUT2D eigenvalue weighted by molar-refractivity contribution is 0.0626. The highest BCUT2D eigenvalue weighted by molar-refractivity contribution is 5.21. The van der Waals surface area contributed by atoms with Crippen LogP contribution in [0.15, 0.2) is 30.3 Å². The number of nitrogens with zero attached hydrogens (tertiary/aromatic N) is 1. The van der Waals surface area contributed by atoms with Crippen molar-refractivity contribution < 1.29 is 0 Å². The van der Waals surface area contributed by atoms with Gasteiger partial charge in [-0.3, -0.25) is 4.90 Å². The van der Waals surface area contributed by atoms with Gasteiger partial charge >= 0.3 is 0 Å². The predicted molar refractivity (Wildman–Crippen MR) is 89.3 cm³/mol. The second kappa shape index (κ2) is 6.50. The highest BCUT2D eigenvalue weighted by Gasteiger charge is 2.40. The average molecular weight is 286 g/mol. The molecule has 0 radical (unpaired) electrons. The van der Waals surface area contributed by atoms with Gasteiger partial charge in [-0.2, -0.15) is 0 Å². The van der Waals surface area contributed by atoms with E-state index in [1.54, 1.807) is 0 Å². The Bertz CT molecular complexity index is 444. The molecule has 0 aromatic heterocycles. The third kappa shape index (κ3) is 3.02. The Morgan fingerprint density at radius 2 is 1.90 bits per heavy atom. The number of nitrogens with one attached hydrogen (secondary N) is 1. The Labute approximate surface area is 129 Å². The molecule has 1 aromatic carbocycles. The van der Waals surface area contributed by atoms with Crippen LogP contribution in [0.5, 0.6) is 0 Å². The smallest absolute Gasteiger partial charge is 0.0476 e. The van der Waals surface area contributed by atoms with Gasteiger partial charge in [-0.15, -0.1) is 0 Å². The van der Waals surface area contributed by atoms with Crippen LogP contribution in [0.3, 0.4) is 0 Å². The van der Waals surface area contributed by atoms with Crippen molar-refractivity contribution in [2.45, 2.75) is 58.2 Å². The number of rotatable bonds is 3. The molecule has 2 aliphatic rings. The molecule has 2 fully saturated rings. The molecule has 5 atom stereocenters. The molecule has 0 amide bonds. The first kappa shape index (κ1) is 15.1. The van der Waals surface area contributed by atoms with Gasteiger partial charge in [-0.1, -0.05) is 50.6 Å². The van der Waals surface area contributed by atoms with Crippen molar-refractivity contribution in [1.82, 2.24) is 10.2 Å². The van der Waals surface area contributed by atoms with Gasteiger partial charge in [0, 0.05) is 31.2 Å². The summed E-state index contributed by atoms with van der Waals surface area (Å²) < 4.78 is 0. The first-order valence-corrected chi connectivity index (χ1v) is 8.74. The summed E-state index contributed by atoms with van der Waals surface area (Å²) >= 11 is 0. The van der Waals surface area contributed by atoms with Crippen molar-refractivity contribution in [3.63, 3.8) is 0 Å². The molecule has 21 heavy (non-hydrogen) atoms. The van der Waals surface area contributed by atoms with Gasteiger partial charge in [0.15, 0.2) is 0 Å². The quantitative estimate of drug-likeness (QED) is 0.908. The molecule has 1 aromatic rings. The van der Waals surface area contributed by atoms with E-state index in [9.17, 15) is 0 Å². The second-order valence-electron chi connectivity index (χ2n) is 7.10. The van der Waals surface area contributed by atoms with E-state index in [2.05, 4.69) is 61.3 Å². The van der Waals surface area contributed by atoms with E-state index in [-0.39, 0.29) is 0 Å². The van der Waals surface area contributed by atoms with Crippen molar-refractivity contribution in [1.29, 1.82) is 0 Å². The van der Waals surface area contributed by atoms with Gasteiger partial charge in [0.25, 0.3) is 0 Å². The first-order valence-electron chi connectivity index (χ1n) is 8.74. The molecule has 0 spiro atoms. The second-order valence-corrected chi connectivity index (χ2v) is 7.10. The van der Waals surface area contributed by atoms with Gasteiger partial charge in [0.1, 0.15) is 0 Å². The summed E-state index contributed by atoms with van der Waals surface area (Å²) in [5, 5.41) is 3.68. The maximum atomic E-state index is 3.68. The topological polar surface area (TPSA) is 15.3 Å². The summed E-state index contributed by atoms with van der Waals surface area (Å²) in [5.41, 5.74) is 1.48. The molecule has 2 heteroatoms. The Morgan fingerprint density at radius 3 is 2.57 bits per heavy atom. The molecule has 1 saturated heterocycles. The highest BCUT2D eigenvalue weighted by Crippen LogP contribution is 2.40. The minimum atomic E-state index is 0.547. The highest BCUT2D eigenvalue weighted by atomic mass is 15.3. The Morgan fingerprint density at radius 1 is 1.14 bits per heavy atom. The monoisotopic (exact) mass is 286 g/mol. The third-order valence-electron chi connectivity index (χ3n) is 5.86. The van der Waals surface area contributed by atoms with Crippen molar-refractivity contribution in [2.75, 3.05) is 13.1 Å². The lowest BCUT2D eigenvalue weighted by atomic mass is 9.90. The molecule has 1 aliphatic carbocycles. The minimum Gasteiger partial charge on any atom is -0.311 e. The average Bonchev–Trinajstić information content (AvgIpc) is 2.89. The molecule has 1 N–H and O–H groups in total. The molecule has 5 unspecified atom stereocenters. The zero-order valence-corrected chi connectivity index (χ0v) is 13.8. The molecule has 1 aliphatic heterocycles. The zero-order chi connectivity index (χ0) is 14.8. The SMILES string of the molecule is CCC1CCC(N2CC(C)NCC2c2ccccc2)C1C. The first-order chi connectivity index (χ1) is 10.2. The molecule has 1 heterocycles. The van der Waals surface area contributed by atoms with E-state index >= 15 is 0 Å². The zero-order valence-electron chi connectivity index (χ0n) is 13.8. The molecule has 3 rings (SSSR count). The summed E-state index contributed by atoms with van der Waals surface area (Å²) in [5.74, 6) is 1.77. The van der Waals surface area contributed by atoms with E-state index in [0.717, 1.165) is 24.4 Å².